The van der Waals surface area contributed by atoms with Gasteiger partial charge < -0.3 is 4.74 Å². The summed E-state index contributed by atoms with van der Waals surface area (Å²) in [5.74, 6) is -1.64. The second-order valence-electron chi connectivity index (χ2n) is 3.16. The van der Waals surface area contributed by atoms with Crippen LogP contribution in [0.15, 0.2) is 30.5 Å². The molecule has 0 atom stereocenters. The Morgan fingerprint density at radius 3 is 2.75 bits per heavy atom. The molecule has 5 heteroatoms. The highest BCUT2D eigenvalue weighted by atomic mass is 35.5. The minimum atomic E-state index is -0.905. The van der Waals surface area contributed by atoms with Gasteiger partial charge in [-0.15, -0.1) is 0 Å². The van der Waals surface area contributed by atoms with Crippen molar-refractivity contribution in [3.8, 4) is 0 Å². The third-order valence-corrected chi connectivity index (χ3v) is 2.59. The number of aromatic nitrogens is 1. The molecule has 4 nitrogen and oxygen atoms in total. The van der Waals surface area contributed by atoms with E-state index >= 15 is 0 Å². The van der Waals surface area contributed by atoms with Crippen LogP contribution in [0.5, 0.6) is 0 Å². The monoisotopic (exact) mass is 237 g/mol. The van der Waals surface area contributed by atoms with Crippen molar-refractivity contribution in [2.45, 2.75) is 0 Å². The van der Waals surface area contributed by atoms with Crippen LogP contribution in [0.4, 0.5) is 0 Å². The van der Waals surface area contributed by atoms with E-state index in [0.29, 0.717) is 10.5 Å². The normalized spacial score (nSPS) is 10.4. The van der Waals surface area contributed by atoms with Crippen LogP contribution in [0.3, 0.4) is 0 Å². The van der Waals surface area contributed by atoms with E-state index in [4.69, 9.17) is 11.6 Å². The van der Waals surface area contributed by atoms with E-state index in [-0.39, 0.29) is 0 Å². The minimum absolute atomic E-state index is 0.536. The van der Waals surface area contributed by atoms with Crippen molar-refractivity contribution in [3.05, 3.63) is 35.5 Å². The molecule has 0 aliphatic carbocycles. The number of benzene rings is 1. The molecular formula is C11H8ClNO3. The molecule has 0 spiro atoms. The molecule has 82 valence electrons. The molecule has 0 saturated carbocycles. The van der Waals surface area contributed by atoms with Crippen LogP contribution in [0.25, 0.3) is 10.9 Å². The van der Waals surface area contributed by atoms with Crippen LogP contribution in [0, 0.1) is 0 Å². The third-order valence-electron chi connectivity index (χ3n) is 2.26. The number of hydrogen-bond donors (Lipinski definition) is 0. The summed E-state index contributed by atoms with van der Waals surface area (Å²) in [5, 5.41) is 1.26. The number of fused-ring (bicyclic) bond motifs is 1. The predicted octanol–water partition coefficient (Wildman–Crippen LogP) is 2.11. The van der Waals surface area contributed by atoms with Crippen molar-refractivity contribution in [1.29, 1.82) is 0 Å². The lowest BCUT2D eigenvalue weighted by molar-refractivity contribution is -0.135. The zero-order valence-corrected chi connectivity index (χ0v) is 9.19. The molecule has 0 bridgehead atoms. The van der Waals surface area contributed by atoms with Gasteiger partial charge in [0.05, 0.1) is 12.6 Å². The molecule has 0 aliphatic heterocycles. The summed E-state index contributed by atoms with van der Waals surface area (Å²) in [6.45, 7) is 0. The van der Waals surface area contributed by atoms with Crippen molar-refractivity contribution in [3.63, 3.8) is 0 Å². The van der Waals surface area contributed by atoms with E-state index in [9.17, 15) is 9.59 Å². The molecule has 1 aromatic heterocycles. The highest BCUT2D eigenvalue weighted by molar-refractivity contribution is 6.37. The van der Waals surface area contributed by atoms with Gasteiger partial charge >= 0.3 is 11.9 Å². The summed E-state index contributed by atoms with van der Waals surface area (Å²) in [7, 11) is 1.17. The fourth-order valence-corrected chi connectivity index (χ4v) is 1.73. The molecule has 0 radical (unpaired) electrons. The van der Waals surface area contributed by atoms with Gasteiger partial charge in [0.25, 0.3) is 0 Å². The van der Waals surface area contributed by atoms with Gasteiger partial charge in [-0.3, -0.25) is 9.36 Å². The number of hydrogen-bond acceptors (Lipinski definition) is 3. The van der Waals surface area contributed by atoms with Crippen molar-refractivity contribution in [2.24, 2.45) is 0 Å². The Hall–Kier alpha value is -1.81. The smallest absolute Gasteiger partial charge is 0.397 e. The summed E-state index contributed by atoms with van der Waals surface area (Å²) >= 11 is 5.95. The Balaban J connectivity index is 2.59. The maximum atomic E-state index is 11.6. The summed E-state index contributed by atoms with van der Waals surface area (Å²) < 4.78 is 5.59. The zero-order valence-electron chi connectivity index (χ0n) is 8.44. The van der Waals surface area contributed by atoms with Gasteiger partial charge in [0.1, 0.15) is 0 Å². The molecule has 0 amide bonds. The molecule has 0 saturated heterocycles. The number of halogens is 1. The van der Waals surface area contributed by atoms with Crippen LogP contribution in [0.1, 0.15) is 4.79 Å². The molecule has 1 heterocycles. The summed E-state index contributed by atoms with van der Waals surface area (Å²) in [5.41, 5.74) is 0.586. The standard InChI is InChI=1S/C11H8ClNO3/c1-16-11(15)10(14)13-6-5-7-8(12)3-2-4-9(7)13/h2-6H,1H3. The molecule has 16 heavy (non-hydrogen) atoms. The Bertz CT molecular complexity index is 574. The van der Waals surface area contributed by atoms with Crippen LogP contribution in [0.2, 0.25) is 5.02 Å². The van der Waals surface area contributed by atoms with Crippen molar-refractivity contribution >= 4 is 34.4 Å². The van der Waals surface area contributed by atoms with Gasteiger partial charge in [0.15, 0.2) is 0 Å². The topological polar surface area (TPSA) is 48.3 Å². The number of rotatable bonds is 0. The van der Waals surface area contributed by atoms with E-state index in [0.717, 1.165) is 5.39 Å². The number of esters is 1. The Morgan fingerprint density at radius 1 is 1.31 bits per heavy atom. The van der Waals surface area contributed by atoms with Crippen molar-refractivity contribution < 1.29 is 14.3 Å². The van der Waals surface area contributed by atoms with Gasteiger partial charge in [-0.25, -0.2) is 4.79 Å². The van der Waals surface area contributed by atoms with E-state index in [1.807, 2.05) is 0 Å². The van der Waals surface area contributed by atoms with Crippen LogP contribution in [-0.2, 0) is 9.53 Å². The van der Waals surface area contributed by atoms with E-state index in [2.05, 4.69) is 4.74 Å². The van der Waals surface area contributed by atoms with Gasteiger partial charge in [0, 0.05) is 16.6 Å². The largest absolute Gasteiger partial charge is 0.462 e. The lowest BCUT2D eigenvalue weighted by Crippen LogP contribution is -2.21. The first kappa shape index (κ1) is 10.7. The number of ether oxygens (including phenoxy) is 1. The average molecular weight is 238 g/mol. The Kier molecular flexibility index (Phi) is 2.66. The quantitative estimate of drug-likeness (QED) is 0.521. The molecule has 2 rings (SSSR count). The fourth-order valence-electron chi connectivity index (χ4n) is 1.49. The average Bonchev–Trinajstić information content (AvgIpc) is 2.72. The molecule has 0 fully saturated rings. The zero-order chi connectivity index (χ0) is 11.7. The number of nitrogens with zero attached hydrogens (tertiary/aromatic N) is 1. The second kappa shape index (κ2) is 3.98. The summed E-state index contributed by atoms with van der Waals surface area (Å²) in [4.78, 5) is 22.7. The van der Waals surface area contributed by atoms with Crippen LogP contribution in [-0.4, -0.2) is 23.6 Å². The molecule has 0 unspecified atom stereocenters. The van der Waals surface area contributed by atoms with Gasteiger partial charge in [0.2, 0.25) is 0 Å². The summed E-state index contributed by atoms with van der Waals surface area (Å²) in [6, 6.07) is 6.82. The van der Waals surface area contributed by atoms with Gasteiger partial charge in [-0.1, -0.05) is 17.7 Å². The second-order valence-corrected chi connectivity index (χ2v) is 3.56. The van der Waals surface area contributed by atoms with E-state index < -0.39 is 11.9 Å². The highest BCUT2D eigenvalue weighted by Crippen LogP contribution is 2.24. The first-order chi connectivity index (χ1) is 7.65. The first-order valence-corrected chi connectivity index (χ1v) is 4.91. The minimum Gasteiger partial charge on any atom is -0.462 e. The number of carbonyl (C=O) groups is 2. The maximum Gasteiger partial charge on any atom is 0.397 e. The molecule has 0 aliphatic rings. The lowest BCUT2D eigenvalue weighted by Gasteiger charge is -2.02. The maximum absolute atomic E-state index is 11.6. The third kappa shape index (κ3) is 1.57. The van der Waals surface area contributed by atoms with Crippen molar-refractivity contribution in [1.82, 2.24) is 4.57 Å². The summed E-state index contributed by atoms with van der Waals surface area (Å²) in [6.07, 6.45) is 1.50. The van der Waals surface area contributed by atoms with Gasteiger partial charge in [-0.05, 0) is 18.2 Å². The van der Waals surface area contributed by atoms with Crippen LogP contribution >= 0.6 is 11.6 Å². The van der Waals surface area contributed by atoms with E-state index in [1.165, 1.54) is 17.9 Å². The SMILES string of the molecule is COC(=O)C(=O)n1ccc2c(Cl)cccc21. The fraction of sp³-hybridized carbons (Fsp3) is 0.0909. The molecule has 2 aromatic rings. The molecule has 1 aromatic carbocycles. The Morgan fingerprint density at radius 2 is 2.06 bits per heavy atom. The van der Waals surface area contributed by atoms with Crippen LogP contribution < -0.4 is 0 Å². The first-order valence-electron chi connectivity index (χ1n) is 4.53. The van der Waals surface area contributed by atoms with Gasteiger partial charge in [-0.2, -0.15) is 0 Å². The Labute approximate surface area is 96.4 Å². The highest BCUT2D eigenvalue weighted by Gasteiger charge is 2.18. The van der Waals surface area contributed by atoms with E-state index in [1.54, 1.807) is 24.3 Å². The lowest BCUT2D eigenvalue weighted by atomic mass is 10.2. The van der Waals surface area contributed by atoms with Crippen molar-refractivity contribution in [2.75, 3.05) is 7.11 Å². The number of carbonyl (C=O) groups excluding carboxylic acids is 2. The number of methoxy groups -OCH3 is 1. The molecular weight excluding hydrogens is 230 g/mol. The predicted molar refractivity (Wildman–Crippen MR) is 59.6 cm³/mol. The molecule has 0 N–H and O–H groups in total.